The highest BCUT2D eigenvalue weighted by molar-refractivity contribution is 5.96. The van der Waals surface area contributed by atoms with Gasteiger partial charge in [-0.2, -0.15) is 5.10 Å². The number of fused-ring (bicyclic) bond motifs is 1. The topological polar surface area (TPSA) is 72.5 Å². The van der Waals surface area contributed by atoms with Crippen molar-refractivity contribution in [3.05, 3.63) is 35.8 Å². The third kappa shape index (κ3) is 1.82. The molecule has 0 spiro atoms. The van der Waals surface area contributed by atoms with E-state index in [2.05, 4.69) is 45.9 Å². The van der Waals surface area contributed by atoms with Gasteiger partial charge in [-0.15, -0.1) is 0 Å². The van der Waals surface area contributed by atoms with E-state index in [0.717, 1.165) is 23.6 Å². The van der Waals surface area contributed by atoms with E-state index in [-0.39, 0.29) is 0 Å². The van der Waals surface area contributed by atoms with E-state index >= 15 is 0 Å². The molecule has 3 N–H and O–H groups in total. The fraction of sp³-hybridized carbons (Fsp3) is 0.286. The molecule has 3 aromatic rings. The molecular weight excluding hydrogens is 238 g/mol. The molecule has 5 heteroatoms. The number of rotatable bonds is 3. The maximum atomic E-state index is 5.54. The standard InChI is InChI=1S/C14H17N5/c1-9-13(14-16-12(7-8-15)17-18-14)10-5-3-4-6-11(10)19(9)2/h3-6H,7-8,15H2,1-2H3,(H,16,17,18). The van der Waals surface area contributed by atoms with Gasteiger partial charge >= 0.3 is 0 Å². The van der Waals surface area contributed by atoms with Crippen molar-refractivity contribution >= 4 is 10.9 Å². The van der Waals surface area contributed by atoms with Crippen LogP contribution in [0.4, 0.5) is 0 Å². The number of aromatic nitrogens is 4. The molecule has 0 aliphatic rings. The lowest BCUT2D eigenvalue weighted by molar-refractivity contribution is 0.874. The van der Waals surface area contributed by atoms with Gasteiger partial charge in [-0.1, -0.05) is 18.2 Å². The number of para-hydroxylation sites is 1. The first-order valence-corrected chi connectivity index (χ1v) is 6.38. The van der Waals surface area contributed by atoms with E-state index < -0.39 is 0 Å². The van der Waals surface area contributed by atoms with Crippen LogP contribution in [0.2, 0.25) is 0 Å². The summed E-state index contributed by atoms with van der Waals surface area (Å²) in [6.07, 6.45) is 0.719. The molecule has 2 heterocycles. The average Bonchev–Trinajstić information content (AvgIpc) is 2.96. The van der Waals surface area contributed by atoms with Crippen molar-refractivity contribution in [2.75, 3.05) is 6.54 Å². The average molecular weight is 255 g/mol. The molecule has 0 atom stereocenters. The van der Waals surface area contributed by atoms with E-state index in [9.17, 15) is 0 Å². The quantitative estimate of drug-likeness (QED) is 0.749. The van der Waals surface area contributed by atoms with Crippen molar-refractivity contribution in [1.82, 2.24) is 19.7 Å². The molecule has 0 aliphatic heterocycles. The third-order valence-corrected chi connectivity index (χ3v) is 3.54. The van der Waals surface area contributed by atoms with Crippen molar-refractivity contribution in [3.63, 3.8) is 0 Å². The van der Waals surface area contributed by atoms with E-state index in [0.29, 0.717) is 6.54 Å². The number of hydrogen-bond acceptors (Lipinski definition) is 3. The zero-order valence-corrected chi connectivity index (χ0v) is 11.1. The second kappa shape index (κ2) is 4.51. The predicted molar refractivity (Wildman–Crippen MR) is 75.8 cm³/mol. The highest BCUT2D eigenvalue weighted by Crippen LogP contribution is 2.31. The number of benzene rings is 1. The third-order valence-electron chi connectivity index (χ3n) is 3.54. The Balaban J connectivity index is 2.21. The lowest BCUT2D eigenvalue weighted by Gasteiger charge is -1.97. The smallest absolute Gasteiger partial charge is 0.183 e. The van der Waals surface area contributed by atoms with Gasteiger partial charge in [0, 0.05) is 35.6 Å². The van der Waals surface area contributed by atoms with Gasteiger partial charge < -0.3 is 10.3 Å². The van der Waals surface area contributed by atoms with Gasteiger partial charge in [0.2, 0.25) is 0 Å². The Labute approximate surface area is 111 Å². The summed E-state index contributed by atoms with van der Waals surface area (Å²) in [7, 11) is 2.06. The van der Waals surface area contributed by atoms with Crippen LogP contribution in [0, 0.1) is 6.92 Å². The summed E-state index contributed by atoms with van der Waals surface area (Å²) < 4.78 is 2.17. The molecule has 0 bridgehead atoms. The first-order valence-electron chi connectivity index (χ1n) is 6.38. The second-order valence-electron chi connectivity index (χ2n) is 4.68. The first kappa shape index (κ1) is 11.9. The van der Waals surface area contributed by atoms with Gasteiger partial charge in [-0.25, -0.2) is 4.98 Å². The molecule has 0 aliphatic carbocycles. The number of nitrogens with two attached hydrogens (primary N) is 1. The maximum Gasteiger partial charge on any atom is 0.183 e. The Hall–Kier alpha value is -2.14. The highest BCUT2D eigenvalue weighted by Gasteiger charge is 2.16. The SMILES string of the molecule is Cc1c(-c2n[nH]c(CCN)n2)c2ccccc2n1C. The van der Waals surface area contributed by atoms with Crippen molar-refractivity contribution < 1.29 is 0 Å². The maximum absolute atomic E-state index is 5.54. The van der Waals surface area contributed by atoms with Gasteiger partial charge in [0.15, 0.2) is 5.82 Å². The van der Waals surface area contributed by atoms with Crippen LogP contribution in [-0.2, 0) is 13.5 Å². The molecule has 0 saturated carbocycles. The summed E-state index contributed by atoms with van der Waals surface area (Å²) in [5.41, 5.74) is 9.00. The lowest BCUT2D eigenvalue weighted by atomic mass is 10.1. The molecule has 1 aromatic carbocycles. The number of nitrogens with one attached hydrogen (secondary N) is 1. The summed E-state index contributed by atoms with van der Waals surface area (Å²) >= 11 is 0. The van der Waals surface area contributed by atoms with Crippen LogP contribution in [0.25, 0.3) is 22.3 Å². The molecule has 0 saturated heterocycles. The molecule has 5 nitrogen and oxygen atoms in total. The zero-order valence-electron chi connectivity index (χ0n) is 11.1. The van der Waals surface area contributed by atoms with Crippen LogP contribution in [0.3, 0.4) is 0 Å². The van der Waals surface area contributed by atoms with Crippen LogP contribution in [0.5, 0.6) is 0 Å². The highest BCUT2D eigenvalue weighted by atomic mass is 15.2. The van der Waals surface area contributed by atoms with Gasteiger partial charge in [0.1, 0.15) is 5.82 Å². The summed E-state index contributed by atoms with van der Waals surface area (Å²) in [6.45, 7) is 2.66. The van der Waals surface area contributed by atoms with Crippen LogP contribution < -0.4 is 5.73 Å². The Kier molecular flexibility index (Phi) is 2.83. The minimum Gasteiger partial charge on any atom is -0.347 e. The summed E-state index contributed by atoms with van der Waals surface area (Å²) in [6, 6.07) is 8.30. The van der Waals surface area contributed by atoms with Gasteiger partial charge in [-0.05, 0) is 19.5 Å². The number of nitrogens with zero attached hydrogens (tertiary/aromatic N) is 3. The molecule has 98 valence electrons. The summed E-state index contributed by atoms with van der Waals surface area (Å²) in [5.74, 6) is 1.59. The molecule has 3 rings (SSSR count). The van der Waals surface area contributed by atoms with Crippen LogP contribution >= 0.6 is 0 Å². The first-order chi connectivity index (χ1) is 9.22. The number of aromatic amines is 1. The van der Waals surface area contributed by atoms with E-state index in [1.54, 1.807) is 0 Å². The lowest BCUT2D eigenvalue weighted by Crippen LogP contribution is -2.03. The fourth-order valence-corrected chi connectivity index (χ4v) is 2.46. The number of H-pyrrole nitrogens is 1. The molecule has 0 amide bonds. The largest absolute Gasteiger partial charge is 0.347 e. The Morgan fingerprint density at radius 1 is 1.32 bits per heavy atom. The molecular formula is C14H17N5. The Morgan fingerprint density at radius 3 is 2.89 bits per heavy atom. The van der Waals surface area contributed by atoms with Crippen molar-refractivity contribution in [2.24, 2.45) is 12.8 Å². The molecule has 0 fully saturated rings. The van der Waals surface area contributed by atoms with Crippen molar-refractivity contribution in [1.29, 1.82) is 0 Å². The molecule has 19 heavy (non-hydrogen) atoms. The van der Waals surface area contributed by atoms with Crippen LogP contribution in [-0.4, -0.2) is 26.3 Å². The van der Waals surface area contributed by atoms with E-state index in [1.165, 1.54) is 16.6 Å². The molecule has 0 unspecified atom stereocenters. The minimum absolute atomic E-state index is 0.573. The van der Waals surface area contributed by atoms with E-state index in [1.807, 2.05) is 12.1 Å². The van der Waals surface area contributed by atoms with Crippen molar-refractivity contribution in [2.45, 2.75) is 13.3 Å². The molecule has 0 radical (unpaired) electrons. The summed E-state index contributed by atoms with van der Waals surface area (Å²) in [4.78, 5) is 4.53. The normalized spacial score (nSPS) is 11.3. The van der Waals surface area contributed by atoms with Crippen molar-refractivity contribution in [3.8, 4) is 11.4 Å². The number of aryl methyl sites for hydroxylation is 1. The monoisotopic (exact) mass is 255 g/mol. The van der Waals surface area contributed by atoms with Crippen LogP contribution in [0.1, 0.15) is 11.5 Å². The minimum atomic E-state index is 0.573. The van der Waals surface area contributed by atoms with Gasteiger partial charge in [0.25, 0.3) is 0 Å². The zero-order chi connectivity index (χ0) is 13.4. The molecule has 2 aromatic heterocycles. The fourth-order valence-electron chi connectivity index (χ4n) is 2.46. The Bertz CT molecular complexity index is 723. The number of hydrogen-bond donors (Lipinski definition) is 2. The van der Waals surface area contributed by atoms with Gasteiger partial charge in [-0.3, -0.25) is 5.10 Å². The Morgan fingerprint density at radius 2 is 2.11 bits per heavy atom. The summed E-state index contributed by atoms with van der Waals surface area (Å²) in [5, 5.41) is 8.46. The second-order valence-corrected chi connectivity index (χ2v) is 4.68. The van der Waals surface area contributed by atoms with Crippen LogP contribution in [0.15, 0.2) is 24.3 Å². The van der Waals surface area contributed by atoms with E-state index in [4.69, 9.17) is 5.73 Å². The van der Waals surface area contributed by atoms with Gasteiger partial charge in [0.05, 0.1) is 0 Å². The predicted octanol–water partition coefficient (Wildman–Crippen LogP) is 1.77.